The molecule has 0 N–H and O–H groups in total. The Hall–Kier alpha value is -2.30. The van der Waals surface area contributed by atoms with E-state index in [-0.39, 0.29) is 5.56 Å². The highest BCUT2D eigenvalue weighted by molar-refractivity contribution is 5.96. The van der Waals surface area contributed by atoms with Gasteiger partial charge in [0.05, 0.1) is 12.7 Å². The zero-order valence-electron chi connectivity index (χ0n) is 9.05. The number of esters is 1. The summed E-state index contributed by atoms with van der Waals surface area (Å²) in [6.07, 6.45) is 4.47. The second-order valence-corrected chi connectivity index (χ2v) is 3.28. The SMILES string of the molecule is COC(=O)c1cc(F)ncc1-c1ccncc1. The predicted molar refractivity (Wildman–Crippen MR) is 58.8 cm³/mol. The summed E-state index contributed by atoms with van der Waals surface area (Å²) in [5.41, 5.74) is 1.39. The Morgan fingerprint density at radius 3 is 2.71 bits per heavy atom. The third-order valence-electron chi connectivity index (χ3n) is 2.27. The lowest BCUT2D eigenvalue weighted by Crippen LogP contribution is -2.05. The minimum absolute atomic E-state index is 0.145. The van der Waals surface area contributed by atoms with E-state index in [4.69, 9.17) is 0 Å². The second kappa shape index (κ2) is 4.69. The van der Waals surface area contributed by atoms with E-state index < -0.39 is 11.9 Å². The summed E-state index contributed by atoms with van der Waals surface area (Å²) in [5, 5.41) is 0. The highest BCUT2D eigenvalue weighted by atomic mass is 19.1. The Morgan fingerprint density at radius 1 is 1.35 bits per heavy atom. The number of methoxy groups -OCH3 is 1. The van der Waals surface area contributed by atoms with Gasteiger partial charge in [-0.25, -0.2) is 9.78 Å². The summed E-state index contributed by atoms with van der Waals surface area (Å²) in [6.45, 7) is 0. The van der Waals surface area contributed by atoms with E-state index in [1.54, 1.807) is 24.5 Å². The predicted octanol–water partition coefficient (Wildman–Crippen LogP) is 2.07. The average molecular weight is 232 g/mol. The first-order chi connectivity index (χ1) is 8.22. The van der Waals surface area contributed by atoms with Gasteiger partial charge in [-0.15, -0.1) is 0 Å². The van der Waals surface area contributed by atoms with Crippen LogP contribution in [0.1, 0.15) is 10.4 Å². The molecule has 0 saturated carbocycles. The van der Waals surface area contributed by atoms with Crippen LogP contribution in [0.3, 0.4) is 0 Å². The molecule has 0 amide bonds. The van der Waals surface area contributed by atoms with Gasteiger partial charge in [0, 0.05) is 30.2 Å². The fourth-order valence-electron chi connectivity index (χ4n) is 1.47. The number of ether oxygens (including phenoxy) is 1. The summed E-state index contributed by atoms with van der Waals surface area (Å²) >= 11 is 0. The fraction of sp³-hybridized carbons (Fsp3) is 0.0833. The zero-order valence-corrected chi connectivity index (χ0v) is 9.05. The van der Waals surface area contributed by atoms with Crippen LogP contribution in [0.5, 0.6) is 0 Å². The number of nitrogens with zero attached hydrogens (tertiary/aromatic N) is 2. The topological polar surface area (TPSA) is 52.1 Å². The molecule has 0 saturated heterocycles. The molecular formula is C12H9FN2O2. The van der Waals surface area contributed by atoms with Crippen LogP contribution in [0.25, 0.3) is 11.1 Å². The van der Waals surface area contributed by atoms with Crippen molar-refractivity contribution in [3.63, 3.8) is 0 Å². The molecule has 4 nitrogen and oxygen atoms in total. The van der Waals surface area contributed by atoms with E-state index in [9.17, 15) is 9.18 Å². The smallest absolute Gasteiger partial charge is 0.338 e. The van der Waals surface area contributed by atoms with E-state index in [0.29, 0.717) is 5.56 Å². The maximum absolute atomic E-state index is 13.0. The molecule has 5 heteroatoms. The van der Waals surface area contributed by atoms with Crippen molar-refractivity contribution in [2.45, 2.75) is 0 Å². The van der Waals surface area contributed by atoms with Crippen molar-refractivity contribution in [2.75, 3.05) is 7.11 Å². The first kappa shape index (κ1) is 11.2. The van der Waals surface area contributed by atoms with Gasteiger partial charge in [0.15, 0.2) is 0 Å². The summed E-state index contributed by atoms with van der Waals surface area (Å²) in [5.74, 6) is -1.32. The molecule has 0 radical (unpaired) electrons. The van der Waals surface area contributed by atoms with Gasteiger partial charge in [-0.2, -0.15) is 4.39 Å². The Labute approximate surface area is 97.1 Å². The summed E-state index contributed by atoms with van der Waals surface area (Å²) < 4.78 is 17.6. The van der Waals surface area contributed by atoms with Crippen molar-refractivity contribution in [1.82, 2.24) is 9.97 Å². The number of carbonyl (C=O) groups is 1. The van der Waals surface area contributed by atoms with E-state index in [0.717, 1.165) is 11.6 Å². The molecule has 0 unspecified atom stereocenters. The third-order valence-corrected chi connectivity index (χ3v) is 2.27. The van der Waals surface area contributed by atoms with Gasteiger partial charge >= 0.3 is 5.97 Å². The van der Waals surface area contributed by atoms with Crippen LogP contribution in [-0.4, -0.2) is 23.0 Å². The summed E-state index contributed by atoms with van der Waals surface area (Å²) in [7, 11) is 1.25. The van der Waals surface area contributed by atoms with Crippen LogP contribution in [-0.2, 0) is 4.74 Å². The molecule has 0 bridgehead atoms. The Bertz CT molecular complexity index is 543. The quantitative estimate of drug-likeness (QED) is 0.587. The molecule has 2 rings (SSSR count). The highest BCUT2D eigenvalue weighted by Gasteiger charge is 2.14. The Kier molecular flexibility index (Phi) is 3.09. The lowest BCUT2D eigenvalue weighted by Gasteiger charge is -2.07. The van der Waals surface area contributed by atoms with Gasteiger partial charge in [0.25, 0.3) is 0 Å². The number of hydrogen-bond donors (Lipinski definition) is 0. The van der Waals surface area contributed by atoms with Crippen molar-refractivity contribution in [1.29, 1.82) is 0 Å². The molecule has 2 heterocycles. The second-order valence-electron chi connectivity index (χ2n) is 3.28. The van der Waals surface area contributed by atoms with E-state index in [2.05, 4.69) is 14.7 Å². The number of hydrogen-bond acceptors (Lipinski definition) is 4. The number of carbonyl (C=O) groups excluding carboxylic acids is 1. The molecule has 0 aliphatic heterocycles. The average Bonchev–Trinajstić information content (AvgIpc) is 2.38. The Balaban J connectivity index is 2.58. The van der Waals surface area contributed by atoms with Gasteiger partial charge in [-0.1, -0.05) is 0 Å². The molecule has 0 aromatic carbocycles. The fourth-order valence-corrected chi connectivity index (χ4v) is 1.47. The summed E-state index contributed by atoms with van der Waals surface area (Å²) in [6, 6.07) is 4.48. The minimum atomic E-state index is -0.719. The molecule has 17 heavy (non-hydrogen) atoms. The van der Waals surface area contributed by atoms with Crippen molar-refractivity contribution in [3.05, 3.63) is 48.3 Å². The van der Waals surface area contributed by atoms with Crippen molar-refractivity contribution in [3.8, 4) is 11.1 Å². The minimum Gasteiger partial charge on any atom is -0.465 e. The van der Waals surface area contributed by atoms with Crippen LogP contribution in [0.4, 0.5) is 4.39 Å². The van der Waals surface area contributed by atoms with E-state index in [1.807, 2.05) is 0 Å². The van der Waals surface area contributed by atoms with Crippen molar-refractivity contribution < 1.29 is 13.9 Å². The number of halogens is 1. The first-order valence-electron chi connectivity index (χ1n) is 4.86. The van der Waals surface area contributed by atoms with Crippen LogP contribution in [0.15, 0.2) is 36.8 Å². The van der Waals surface area contributed by atoms with Crippen LogP contribution >= 0.6 is 0 Å². The molecule has 2 aromatic rings. The summed E-state index contributed by atoms with van der Waals surface area (Å²) in [4.78, 5) is 18.9. The van der Waals surface area contributed by atoms with Gasteiger partial charge in [0.2, 0.25) is 5.95 Å². The number of pyridine rings is 2. The molecule has 2 aromatic heterocycles. The first-order valence-corrected chi connectivity index (χ1v) is 4.86. The highest BCUT2D eigenvalue weighted by Crippen LogP contribution is 2.23. The molecule has 0 aliphatic carbocycles. The standard InChI is InChI=1S/C12H9FN2O2/c1-17-12(16)9-6-11(13)15-7-10(9)8-2-4-14-5-3-8/h2-7H,1H3. The molecule has 0 atom stereocenters. The lowest BCUT2D eigenvalue weighted by molar-refractivity contribution is 0.0601. The molecule has 0 spiro atoms. The van der Waals surface area contributed by atoms with Crippen molar-refractivity contribution in [2.24, 2.45) is 0 Å². The van der Waals surface area contributed by atoms with Crippen LogP contribution in [0, 0.1) is 5.95 Å². The number of rotatable bonds is 2. The molecular weight excluding hydrogens is 223 g/mol. The van der Waals surface area contributed by atoms with Gasteiger partial charge < -0.3 is 4.74 Å². The normalized spacial score (nSPS) is 10.0. The monoisotopic (exact) mass is 232 g/mol. The van der Waals surface area contributed by atoms with E-state index in [1.165, 1.54) is 13.3 Å². The van der Waals surface area contributed by atoms with Crippen LogP contribution in [0.2, 0.25) is 0 Å². The lowest BCUT2D eigenvalue weighted by atomic mass is 10.0. The number of aromatic nitrogens is 2. The van der Waals surface area contributed by atoms with Gasteiger partial charge in [-0.3, -0.25) is 4.98 Å². The van der Waals surface area contributed by atoms with Gasteiger partial charge in [0.1, 0.15) is 0 Å². The van der Waals surface area contributed by atoms with Gasteiger partial charge in [-0.05, 0) is 17.7 Å². The maximum Gasteiger partial charge on any atom is 0.338 e. The van der Waals surface area contributed by atoms with Crippen molar-refractivity contribution >= 4 is 5.97 Å². The molecule has 86 valence electrons. The maximum atomic E-state index is 13.0. The molecule has 0 aliphatic rings. The zero-order chi connectivity index (χ0) is 12.3. The van der Waals surface area contributed by atoms with Crippen LogP contribution < -0.4 is 0 Å². The third kappa shape index (κ3) is 2.28. The largest absolute Gasteiger partial charge is 0.465 e. The van der Waals surface area contributed by atoms with E-state index >= 15 is 0 Å². The Morgan fingerprint density at radius 2 is 2.06 bits per heavy atom. The molecule has 0 fully saturated rings.